The van der Waals surface area contributed by atoms with Gasteiger partial charge in [0.1, 0.15) is 171 Å². The predicted molar refractivity (Wildman–Crippen MR) is 228 cm³/mol. The topological polar surface area (TPSA) is 554 Å². The summed E-state index contributed by atoms with van der Waals surface area (Å²) in [7, 11) is 0. The Morgan fingerprint density at radius 3 is 0.351 bits per heavy atom. The number of rotatable bonds is 7. The van der Waals surface area contributed by atoms with Gasteiger partial charge < -0.3 is 174 Å². The van der Waals surface area contributed by atoms with Crippen LogP contribution in [0.25, 0.3) is 0 Å². The lowest BCUT2D eigenvalue weighted by Crippen LogP contribution is -2.68. The molecule has 448 valence electrons. The van der Waals surface area contributed by atoms with Crippen LogP contribution in [0.2, 0.25) is 0 Å². The number of aliphatic hydroxyl groups is 21. The van der Waals surface area contributed by atoms with Gasteiger partial charge in [0.2, 0.25) is 0 Å². The molecule has 21 N–H and O–H groups in total. The predicted octanol–water partition coefficient (Wildman–Crippen LogP) is -15.2. The van der Waals surface area contributed by atoms with E-state index in [2.05, 4.69) is 0 Å². The van der Waals surface area contributed by atoms with Gasteiger partial charge in [-0.3, -0.25) is 0 Å². The van der Waals surface area contributed by atoms with Gasteiger partial charge in [0.05, 0.1) is 46.2 Å². The molecule has 0 amide bonds. The van der Waals surface area contributed by atoms with Gasteiger partial charge in [-0.05, 0) is 0 Å². The zero-order chi connectivity index (χ0) is 56.1. The van der Waals surface area contributed by atoms with Gasteiger partial charge in [0, 0.05) is 0 Å². The fraction of sp³-hybridized carbons (Fsp3) is 1.00. The second kappa shape index (κ2) is 26.0. The fourth-order valence-electron chi connectivity index (χ4n) is 10.4. The molecule has 21 fully saturated rings. The van der Waals surface area contributed by atoms with Crippen molar-refractivity contribution < 1.29 is 174 Å². The quantitative estimate of drug-likeness (QED) is 0.113. The molecule has 35 nitrogen and oxygen atoms in total. The first kappa shape index (κ1) is 61.7. The Morgan fingerprint density at radius 2 is 0.260 bits per heavy atom. The van der Waals surface area contributed by atoms with Gasteiger partial charge in [-0.2, -0.15) is 0 Å². The Bertz CT molecular complexity index is 1470. The summed E-state index contributed by atoms with van der Waals surface area (Å²) in [5.41, 5.74) is 0. The normalized spacial score (nSPS) is 55.4. The van der Waals surface area contributed by atoms with Crippen LogP contribution in [-0.4, -0.2) is 368 Å². The zero-order valence-corrected chi connectivity index (χ0v) is 40.3. The first-order valence-electron chi connectivity index (χ1n) is 24.6. The van der Waals surface area contributed by atoms with Crippen LogP contribution in [0.4, 0.5) is 0 Å². The summed E-state index contributed by atoms with van der Waals surface area (Å²) in [6, 6.07) is 0. The van der Waals surface area contributed by atoms with E-state index in [0.717, 1.165) is 0 Å². The summed E-state index contributed by atoms with van der Waals surface area (Å²) < 4.78 is 79.5. The monoisotopic (exact) mass is 1130 g/mol. The molecule has 35 heteroatoms. The average molecular weight is 1130 g/mol. The molecule has 21 rings (SSSR count). The van der Waals surface area contributed by atoms with Gasteiger partial charge in [-0.1, -0.05) is 0 Å². The second-order valence-electron chi connectivity index (χ2n) is 19.7. The van der Waals surface area contributed by atoms with E-state index in [1.165, 1.54) is 0 Å². The molecule has 0 aromatic carbocycles. The molecule has 21 heterocycles. The van der Waals surface area contributed by atoms with Crippen LogP contribution in [-0.2, 0) is 66.3 Å². The SMILES string of the molecule is OCC1O[C@@H]2O[C@@H]3C(CO)O[C@H](O[C@@H]4C(CO)O[C@H](O[C@@H]5C(CO)O[C@@H](O[C@@H]6C(CO)O[C@H](O[C@@H]7C(CO)O[C@H](O[C@@H]8C(CO)O[C@H](O[C@H]1[C@H](O)[C@H]2O)[C@H](O)[C@H]8O)[C@H](O)[C@H]7O)[C@H](O)[C@H]6O)[C@H](O)[C@H]5O)[C@H](O)[C@H]4O)[C@H](O)[C@H]3O. The Kier molecular flexibility index (Phi) is 20.8. The molecule has 0 aliphatic carbocycles. The number of hydrogen-bond donors (Lipinski definition) is 21. The minimum atomic E-state index is -2.21. The van der Waals surface area contributed by atoms with Gasteiger partial charge in [-0.25, -0.2) is 0 Å². The highest BCUT2D eigenvalue weighted by atomic mass is 16.8. The van der Waals surface area contributed by atoms with Crippen LogP contribution >= 0.6 is 0 Å². The summed E-state index contributed by atoms with van der Waals surface area (Å²) in [4.78, 5) is 0. The van der Waals surface area contributed by atoms with Crippen molar-refractivity contribution in [1.82, 2.24) is 0 Å². The van der Waals surface area contributed by atoms with E-state index in [1.54, 1.807) is 0 Å². The molecule has 21 aliphatic heterocycles. The molecule has 0 saturated carbocycles. The Balaban J connectivity index is 1.08. The van der Waals surface area contributed by atoms with Crippen molar-refractivity contribution in [3.63, 3.8) is 0 Å². The first-order chi connectivity index (χ1) is 36.7. The lowest BCUT2D eigenvalue weighted by atomic mass is 9.95. The number of ether oxygens (including phenoxy) is 14. The minimum Gasteiger partial charge on any atom is -0.394 e. The molecule has 21 saturated heterocycles. The van der Waals surface area contributed by atoms with Crippen molar-refractivity contribution in [3.8, 4) is 0 Å². The fourth-order valence-corrected chi connectivity index (χ4v) is 10.4. The molecule has 21 aliphatic rings. The van der Waals surface area contributed by atoms with Crippen molar-refractivity contribution in [1.29, 1.82) is 0 Å². The third kappa shape index (κ3) is 12.1. The molecular formula is C42H70O35. The van der Waals surface area contributed by atoms with E-state index < -0.39 is 261 Å². The van der Waals surface area contributed by atoms with Gasteiger partial charge in [0.15, 0.2) is 44.0 Å². The van der Waals surface area contributed by atoms with Crippen LogP contribution in [0.1, 0.15) is 0 Å². The highest BCUT2D eigenvalue weighted by molar-refractivity contribution is 5.01. The van der Waals surface area contributed by atoms with Crippen LogP contribution in [0.5, 0.6) is 0 Å². The van der Waals surface area contributed by atoms with Crippen LogP contribution in [0.3, 0.4) is 0 Å². The van der Waals surface area contributed by atoms with Gasteiger partial charge >= 0.3 is 0 Å². The molecule has 0 aromatic heterocycles. The molecule has 7 unspecified atom stereocenters. The summed E-state index contributed by atoms with van der Waals surface area (Å²) in [5.74, 6) is 0. The van der Waals surface area contributed by atoms with E-state index >= 15 is 0 Å². The molecule has 0 radical (unpaired) electrons. The van der Waals surface area contributed by atoms with Crippen LogP contribution in [0.15, 0.2) is 0 Å². The summed E-state index contributed by atoms with van der Waals surface area (Å²) in [6.07, 6.45) is -70.2. The van der Waals surface area contributed by atoms with E-state index in [0.29, 0.717) is 0 Å². The first-order valence-corrected chi connectivity index (χ1v) is 24.6. The molecule has 14 bridgehead atoms. The standard InChI is InChI=1S/C42H70O35/c43-1-8-29-15(50)22(57)36(64-8)72-30-9(2-44)66-38(24(59)17(30)52)74-32-11(4-46)68-40(26(61)19(32)54)76-34-13(6-48)70-42(28(63)21(34)56)77-35-14(7-49)69-41(27(62)20(35)55)75-33-12(5-47)67-39(25(60)18(33)53)73-31-10(3-45)65-37(71-29)23(58)16(31)51/h8-63H,1-7H2/t8?,9?,10?,11?,12?,13?,14?,15-,16-,17-,18-,19-,20-,21-,22-,23-,24-,25-,26-,27-,28-,29-,30-,31-,32-,33-,34-,35-,36-,37-,38-,39-,40-,41-,42+/m1/s1. The van der Waals surface area contributed by atoms with E-state index in [1.807, 2.05) is 0 Å². The smallest absolute Gasteiger partial charge is 0.187 e. The van der Waals surface area contributed by atoms with Crippen LogP contribution in [0, 0.1) is 0 Å². The average Bonchev–Trinajstić information content (AvgIpc) is 3.47. The van der Waals surface area contributed by atoms with Gasteiger partial charge in [0.25, 0.3) is 0 Å². The summed E-state index contributed by atoms with van der Waals surface area (Å²) >= 11 is 0. The summed E-state index contributed by atoms with van der Waals surface area (Å²) in [6.45, 7) is -7.33. The maximum atomic E-state index is 11.3. The molecule has 35 atom stereocenters. The van der Waals surface area contributed by atoms with Crippen molar-refractivity contribution in [2.24, 2.45) is 0 Å². The van der Waals surface area contributed by atoms with Crippen molar-refractivity contribution in [2.45, 2.75) is 215 Å². The third-order valence-corrected chi connectivity index (χ3v) is 14.8. The second-order valence-corrected chi connectivity index (χ2v) is 19.7. The van der Waals surface area contributed by atoms with E-state index in [4.69, 9.17) is 66.3 Å². The molecule has 0 aromatic rings. The molecule has 0 spiro atoms. The van der Waals surface area contributed by atoms with Crippen molar-refractivity contribution in [2.75, 3.05) is 46.2 Å². The Labute approximate surface area is 434 Å². The molecule has 77 heavy (non-hydrogen) atoms. The minimum absolute atomic E-state index is 1.05. The Hall–Kier alpha value is -1.40. The number of hydrogen-bond acceptors (Lipinski definition) is 35. The van der Waals surface area contributed by atoms with Gasteiger partial charge in [-0.15, -0.1) is 0 Å². The highest BCUT2D eigenvalue weighted by Gasteiger charge is 2.59. The maximum Gasteiger partial charge on any atom is 0.187 e. The van der Waals surface area contributed by atoms with Crippen molar-refractivity contribution >= 4 is 0 Å². The summed E-state index contributed by atoms with van der Waals surface area (Å²) in [5, 5.41) is 230. The maximum absolute atomic E-state index is 11.3. The van der Waals surface area contributed by atoms with E-state index in [9.17, 15) is 107 Å². The van der Waals surface area contributed by atoms with Crippen LogP contribution < -0.4 is 0 Å². The number of aliphatic hydroxyl groups excluding tert-OH is 21. The zero-order valence-electron chi connectivity index (χ0n) is 40.3. The lowest BCUT2D eigenvalue weighted by molar-refractivity contribution is -0.396. The lowest BCUT2D eigenvalue weighted by Gasteiger charge is -2.50. The van der Waals surface area contributed by atoms with Crippen molar-refractivity contribution in [3.05, 3.63) is 0 Å². The molecular weight excluding hydrogens is 1060 g/mol. The van der Waals surface area contributed by atoms with E-state index in [-0.39, 0.29) is 0 Å². The largest absolute Gasteiger partial charge is 0.394 e. The third-order valence-electron chi connectivity index (χ3n) is 14.8. The Morgan fingerprint density at radius 1 is 0.156 bits per heavy atom. The highest BCUT2D eigenvalue weighted by Crippen LogP contribution is 2.39.